The average Bonchev–Trinajstić information content (AvgIpc) is 3.14. The Hall–Kier alpha value is -2.59. The van der Waals surface area contributed by atoms with Crippen molar-refractivity contribution in [3.8, 4) is 0 Å². The number of likely N-dealkylation sites (tertiary alicyclic amines) is 1. The number of piperidine rings is 1. The maximum atomic E-state index is 13.6. The molecule has 0 aliphatic carbocycles. The highest BCUT2D eigenvalue weighted by Crippen LogP contribution is 2.31. The molecular weight excluding hydrogens is 352 g/mol. The number of ether oxygens (including phenoxy) is 1. The van der Waals surface area contributed by atoms with Gasteiger partial charge in [-0.1, -0.05) is 6.42 Å². The van der Waals surface area contributed by atoms with E-state index in [1.165, 1.54) is 17.2 Å². The number of morpholine rings is 1. The minimum absolute atomic E-state index is 0.333. The molecule has 2 fully saturated rings. The number of rotatable bonds is 4. The van der Waals surface area contributed by atoms with E-state index < -0.39 is 17.5 Å². The van der Waals surface area contributed by atoms with Gasteiger partial charge in [0.2, 0.25) is 0 Å². The maximum Gasteiger partial charge on any atom is 0.357 e. The van der Waals surface area contributed by atoms with Gasteiger partial charge in [-0.05, 0) is 12.8 Å². The summed E-state index contributed by atoms with van der Waals surface area (Å²) in [4.78, 5) is 37.8. The minimum atomic E-state index is -1.96. The topological polar surface area (TPSA) is 114 Å². The van der Waals surface area contributed by atoms with Gasteiger partial charge in [-0.25, -0.2) is 19.4 Å². The van der Waals surface area contributed by atoms with Gasteiger partial charge in [-0.15, -0.1) is 0 Å². The largest absolute Gasteiger partial charge is 0.478 e. The number of carboxylic acid groups (broad SMARTS) is 1. The van der Waals surface area contributed by atoms with Crippen molar-refractivity contribution >= 4 is 22.9 Å². The van der Waals surface area contributed by atoms with Crippen molar-refractivity contribution < 1.29 is 19.4 Å². The van der Waals surface area contributed by atoms with Gasteiger partial charge >= 0.3 is 5.97 Å². The molecule has 2 aromatic rings. The third-order valence-corrected chi connectivity index (χ3v) is 5.25. The summed E-state index contributed by atoms with van der Waals surface area (Å²) in [5, 5.41) is 15.3. The predicted octanol–water partition coefficient (Wildman–Crippen LogP) is -0.0916. The second kappa shape index (κ2) is 7.20. The van der Waals surface area contributed by atoms with Crippen LogP contribution in [0.15, 0.2) is 18.7 Å². The first kappa shape index (κ1) is 17.8. The number of fused-ring (bicyclic) bond motifs is 1. The number of aliphatic carboxylic acids is 1. The molecule has 1 unspecified atom stereocenters. The van der Waals surface area contributed by atoms with E-state index in [1.807, 2.05) is 0 Å². The van der Waals surface area contributed by atoms with Crippen molar-refractivity contribution in [2.45, 2.75) is 24.9 Å². The Morgan fingerprint density at radius 3 is 2.52 bits per heavy atom. The normalized spacial score (nSPS) is 21.1. The molecule has 4 heterocycles. The molecule has 4 rings (SSSR count). The highest BCUT2D eigenvalue weighted by molar-refractivity contribution is 6.04. The smallest absolute Gasteiger partial charge is 0.357 e. The number of nitrogens with zero attached hydrogens (tertiary/aromatic N) is 6. The number of carbonyl (C=O) groups excluding carboxylic acids is 1. The Morgan fingerprint density at radius 1 is 1.07 bits per heavy atom. The first-order chi connectivity index (χ1) is 13.2. The van der Waals surface area contributed by atoms with Crippen LogP contribution in [0.4, 0.5) is 0 Å². The number of hydrogen-bond acceptors (Lipinski definition) is 7. The number of carboxylic acids is 1. The fourth-order valence-electron chi connectivity index (χ4n) is 3.89. The Balaban J connectivity index is 1.89. The van der Waals surface area contributed by atoms with E-state index in [9.17, 15) is 14.7 Å². The van der Waals surface area contributed by atoms with E-state index >= 15 is 0 Å². The van der Waals surface area contributed by atoms with Gasteiger partial charge in [0.25, 0.3) is 11.6 Å². The first-order valence-electron chi connectivity index (χ1n) is 9.15. The molecule has 2 aliphatic heterocycles. The highest BCUT2D eigenvalue weighted by Gasteiger charge is 2.57. The molecule has 0 spiro atoms. The first-order valence-corrected chi connectivity index (χ1v) is 9.15. The molecule has 27 heavy (non-hydrogen) atoms. The van der Waals surface area contributed by atoms with Crippen LogP contribution < -0.4 is 0 Å². The summed E-state index contributed by atoms with van der Waals surface area (Å²) < 4.78 is 6.59. The summed E-state index contributed by atoms with van der Waals surface area (Å²) in [6.45, 7) is 2.52. The number of carbonyl (C=O) groups is 2. The van der Waals surface area contributed by atoms with Crippen molar-refractivity contribution in [3.63, 3.8) is 0 Å². The Bertz CT molecular complexity index is 843. The van der Waals surface area contributed by atoms with E-state index in [4.69, 9.17) is 4.74 Å². The van der Waals surface area contributed by atoms with E-state index in [0.29, 0.717) is 50.4 Å². The molecule has 10 nitrogen and oxygen atoms in total. The maximum absolute atomic E-state index is 13.6. The van der Waals surface area contributed by atoms with Gasteiger partial charge in [0.15, 0.2) is 5.65 Å². The lowest BCUT2D eigenvalue weighted by atomic mass is 10.0. The molecule has 2 saturated heterocycles. The summed E-state index contributed by atoms with van der Waals surface area (Å²) in [5.41, 5.74) is -1.63. The predicted molar refractivity (Wildman–Crippen MR) is 93.8 cm³/mol. The number of amides is 1. The van der Waals surface area contributed by atoms with Crippen LogP contribution in [0.2, 0.25) is 0 Å². The number of aromatic nitrogens is 4. The van der Waals surface area contributed by atoms with Crippen LogP contribution >= 0.6 is 0 Å². The molecule has 10 heteroatoms. The fourth-order valence-corrected chi connectivity index (χ4v) is 3.89. The standard InChI is InChI=1S/C17H22N6O4/c24-15(21-6-8-27-9-7-21)17(16(25)26,22-4-2-1-3-5-22)23-14-13(11-20-23)10-18-12-19-14/h10-12H,1-9H2,(H,25,26). The summed E-state index contributed by atoms with van der Waals surface area (Å²) in [6.07, 6.45) is 7.08. The van der Waals surface area contributed by atoms with Crippen LogP contribution in [-0.2, 0) is 20.0 Å². The molecule has 2 aliphatic rings. The monoisotopic (exact) mass is 374 g/mol. The van der Waals surface area contributed by atoms with Crippen LogP contribution in [0, 0.1) is 0 Å². The van der Waals surface area contributed by atoms with Gasteiger partial charge in [0, 0.05) is 32.4 Å². The van der Waals surface area contributed by atoms with E-state index in [2.05, 4.69) is 15.1 Å². The van der Waals surface area contributed by atoms with Crippen LogP contribution in [-0.4, -0.2) is 85.9 Å². The Labute approximate surface area is 155 Å². The van der Waals surface area contributed by atoms with E-state index in [1.54, 1.807) is 16.0 Å². The Morgan fingerprint density at radius 2 is 1.81 bits per heavy atom. The summed E-state index contributed by atoms with van der Waals surface area (Å²) in [7, 11) is 0. The molecule has 1 atom stereocenters. The summed E-state index contributed by atoms with van der Waals surface area (Å²) >= 11 is 0. The SMILES string of the molecule is O=C(O)C(C(=O)N1CCOCC1)(N1CCCCC1)n1ncc2cncnc21. The lowest BCUT2D eigenvalue weighted by molar-refractivity contribution is -0.177. The van der Waals surface area contributed by atoms with Gasteiger partial charge in [-0.2, -0.15) is 5.10 Å². The van der Waals surface area contributed by atoms with Crippen molar-refractivity contribution in [3.05, 3.63) is 18.7 Å². The average molecular weight is 374 g/mol. The lowest BCUT2D eigenvalue weighted by Crippen LogP contribution is -2.67. The summed E-state index contributed by atoms with van der Waals surface area (Å²) in [6, 6.07) is 0. The zero-order chi connectivity index (χ0) is 18.9. The van der Waals surface area contributed by atoms with Gasteiger partial charge in [-0.3, -0.25) is 9.69 Å². The molecule has 0 saturated carbocycles. The van der Waals surface area contributed by atoms with Crippen LogP contribution in [0.1, 0.15) is 19.3 Å². The lowest BCUT2D eigenvalue weighted by Gasteiger charge is -2.44. The molecule has 0 aromatic carbocycles. The molecular formula is C17H22N6O4. The summed E-state index contributed by atoms with van der Waals surface area (Å²) in [5.74, 6) is -1.74. The van der Waals surface area contributed by atoms with Gasteiger partial charge in [0.1, 0.15) is 6.33 Å². The number of hydrogen-bond donors (Lipinski definition) is 1. The third kappa shape index (κ3) is 2.85. The zero-order valence-electron chi connectivity index (χ0n) is 15.0. The third-order valence-electron chi connectivity index (χ3n) is 5.25. The van der Waals surface area contributed by atoms with Crippen molar-refractivity contribution in [2.75, 3.05) is 39.4 Å². The van der Waals surface area contributed by atoms with Crippen molar-refractivity contribution in [1.82, 2.24) is 29.5 Å². The molecule has 1 amide bonds. The molecule has 0 bridgehead atoms. The zero-order valence-corrected chi connectivity index (χ0v) is 15.0. The molecule has 1 N–H and O–H groups in total. The second-order valence-corrected chi connectivity index (χ2v) is 6.79. The van der Waals surface area contributed by atoms with E-state index in [-0.39, 0.29) is 0 Å². The van der Waals surface area contributed by atoms with Crippen molar-refractivity contribution in [2.24, 2.45) is 0 Å². The van der Waals surface area contributed by atoms with Crippen LogP contribution in [0.25, 0.3) is 11.0 Å². The molecule has 2 aromatic heterocycles. The molecule has 0 radical (unpaired) electrons. The minimum Gasteiger partial charge on any atom is -0.478 e. The Kier molecular flexibility index (Phi) is 4.75. The molecule has 144 valence electrons. The van der Waals surface area contributed by atoms with Gasteiger partial charge < -0.3 is 14.7 Å². The van der Waals surface area contributed by atoms with Crippen molar-refractivity contribution in [1.29, 1.82) is 0 Å². The second-order valence-electron chi connectivity index (χ2n) is 6.79. The fraction of sp³-hybridized carbons (Fsp3) is 0.588. The van der Waals surface area contributed by atoms with Crippen LogP contribution in [0.5, 0.6) is 0 Å². The van der Waals surface area contributed by atoms with Crippen LogP contribution in [0.3, 0.4) is 0 Å². The van der Waals surface area contributed by atoms with Gasteiger partial charge in [0.05, 0.1) is 24.8 Å². The van der Waals surface area contributed by atoms with E-state index in [0.717, 1.165) is 19.3 Å². The highest BCUT2D eigenvalue weighted by atomic mass is 16.5. The quantitative estimate of drug-likeness (QED) is 0.739.